The number of nitrogens with zero attached hydrogens (tertiary/aromatic N) is 2. The molecule has 8 heteroatoms. The fourth-order valence-electron chi connectivity index (χ4n) is 3.37. The van der Waals surface area contributed by atoms with E-state index in [-0.39, 0.29) is 11.7 Å². The molecule has 1 aliphatic rings. The van der Waals surface area contributed by atoms with Crippen LogP contribution in [-0.2, 0) is 11.2 Å². The molecular weight excluding hydrogens is 393 g/mol. The monoisotopic (exact) mass is 415 g/mol. The molecule has 1 saturated heterocycles. The summed E-state index contributed by atoms with van der Waals surface area (Å²) in [6, 6.07) is 10.5. The van der Waals surface area contributed by atoms with Crippen molar-refractivity contribution in [1.82, 2.24) is 10.3 Å². The molecule has 1 amide bonds. The summed E-state index contributed by atoms with van der Waals surface area (Å²) >= 11 is 1.34. The first kappa shape index (κ1) is 19.6. The van der Waals surface area contributed by atoms with Crippen molar-refractivity contribution in [3.05, 3.63) is 52.8 Å². The molecule has 4 rings (SSSR count). The minimum atomic E-state index is -0.266. The van der Waals surface area contributed by atoms with Gasteiger partial charge in [-0.1, -0.05) is 18.2 Å². The standard InChI is InChI=1S/C21H22FN3O3S/c1-27-17-7-6-16(25-10-12-28-13-11-25)19-18(17)24-21(29-19)20(26)23-9-8-14-4-2-3-5-15(14)22/h2-7H,8-13H2,1H3,(H,23,26). The van der Waals surface area contributed by atoms with Gasteiger partial charge in [-0.2, -0.15) is 0 Å². The van der Waals surface area contributed by atoms with Crippen molar-refractivity contribution in [3.63, 3.8) is 0 Å². The Kier molecular flexibility index (Phi) is 5.92. The van der Waals surface area contributed by atoms with Crippen molar-refractivity contribution >= 4 is 33.1 Å². The van der Waals surface area contributed by atoms with Crippen molar-refractivity contribution in [2.24, 2.45) is 0 Å². The number of benzene rings is 2. The first-order valence-corrected chi connectivity index (χ1v) is 10.3. The van der Waals surface area contributed by atoms with Gasteiger partial charge in [-0.3, -0.25) is 4.79 Å². The summed E-state index contributed by atoms with van der Waals surface area (Å²) in [5.74, 6) is 0.109. The molecule has 1 N–H and O–H groups in total. The highest BCUT2D eigenvalue weighted by Gasteiger charge is 2.21. The number of nitrogens with one attached hydrogen (secondary N) is 1. The lowest BCUT2D eigenvalue weighted by atomic mass is 10.1. The third-order valence-electron chi connectivity index (χ3n) is 4.89. The predicted octanol–water partition coefficient (Wildman–Crippen LogP) is 3.25. The van der Waals surface area contributed by atoms with Crippen LogP contribution in [0, 0.1) is 5.82 Å². The summed E-state index contributed by atoms with van der Waals surface area (Å²) in [4.78, 5) is 19.4. The summed E-state index contributed by atoms with van der Waals surface area (Å²) in [6.45, 7) is 3.28. The summed E-state index contributed by atoms with van der Waals surface area (Å²) in [5.41, 5.74) is 2.29. The first-order chi connectivity index (χ1) is 14.2. The summed E-state index contributed by atoms with van der Waals surface area (Å²) in [6.07, 6.45) is 0.422. The molecule has 2 heterocycles. The number of morpholine rings is 1. The van der Waals surface area contributed by atoms with Gasteiger partial charge in [0.05, 0.1) is 30.7 Å². The summed E-state index contributed by atoms with van der Waals surface area (Å²) in [5, 5.41) is 3.21. The van der Waals surface area contributed by atoms with Crippen LogP contribution < -0.4 is 15.0 Å². The fourth-order valence-corrected chi connectivity index (χ4v) is 4.41. The number of ether oxygens (including phenoxy) is 2. The highest BCUT2D eigenvalue weighted by molar-refractivity contribution is 7.21. The van der Waals surface area contributed by atoms with E-state index in [1.54, 1.807) is 25.3 Å². The molecule has 0 atom stereocenters. The van der Waals surface area contributed by atoms with Gasteiger partial charge in [0, 0.05) is 19.6 Å². The molecule has 6 nitrogen and oxygen atoms in total. The largest absolute Gasteiger partial charge is 0.494 e. The molecule has 0 spiro atoms. The molecule has 3 aromatic rings. The Bertz CT molecular complexity index is 1020. The number of carbonyl (C=O) groups excluding carboxylic acids is 1. The molecule has 1 aromatic heterocycles. The smallest absolute Gasteiger partial charge is 0.280 e. The van der Waals surface area contributed by atoms with E-state index < -0.39 is 0 Å². The van der Waals surface area contributed by atoms with Gasteiger partial charge in [-0.05, 0) is 30.2 Å². The van der Waals surface area contributed by atoms with Crippen molar-refractivity contribution in [1.29, 1.82) is 0 Å². The number of methoxy groups -OCH3 is 1. The highest BCUT2D eigenvalue weighted by Crippen LogP contribution is 2.37. The first-order valence-electron chi connectivity index (χ1n) is 9.49. The van der Waals surface area contributed by atoms with Crippen LogP contribution in [0.15, 0.2) is 36.4 Å². The molecule has 0 radical (unpaired) electrons. The molecule has 0 aliphatic carbocycles. The van der Waals surface area contributed by atoms with Crippen molar-refractivity contribution in [2.75, 3.05) is 44.9 Å². The Hall–Kier alpha value is -2.71. The lowest BCUT2D eigenvalue weighted by Gasteiger charge is -2.29. The van der Waals surface area contributed by atoms with Gasteiger partial charge in [-0.15, -0.1) is 11.3 Å². The number of thiazole rings is 1. The second-order valence-corrected chi connectivity index (χ2v) is 7.68. The van der Waals surface area contributed by atoms with E-state index in [9.17, 15) is 9.18 Å². The normalized spacial score (nSPS) is 14.2. The zero-order valence-electron chi connectivity index (χ0n) is 16.1. The number of amides is 1. The average molecular weight is 415 g/mol. The minimum Gasteiger partial charge on any atom is -0.494 e. The van der Waals surface area contributed by atoms with E-state index in [1.165, 1.54) is 17.4 Å². The van der Waals surface area contributed by atoms with E-state index in [0.29, 0.717) is 48.0 Å². The Balaban J connectivity index is 1.54. The molecule has 0 saturated carbocycles. The molecule has 1 fully saturated rings. The molecule has 0 bridgehead atoms. The maximum absolute atomic E-state index is 13.7. The second-order valence-electron chi connectivity index (χ2n) is 6.68. The van der Waals surface area contributed by atoms with Crippen molar-refractivity contribution < 1.29 is 18.7 Å². The number of carbonyl (C=O) groups is 1. The van der Waals surface area contributed by atoms with Crippen molar-refractivity contribution in [3.8, 4) is 5.75 Å². The third kappa shape index (κ3) is 4.18. The van der Waals surface area contributed by atoms with Gasteiger partial charge in [-0.25, -0.2) is 9.37 Å². The van der Waals surface area contributed by atoms with Gasteiger partial charge in [0.2, 0.25) is 0 Å². The number of anilines is 1. The maximum Gasteiger partial charge on any atom is 0.280 e. The maximum atomic E-state index is 13.7. The minimum absolute atomic E-state index is 0.262. The van der Waals surface area contributed by atoms with Crippen LogP contribution in [0.1, 0.15) is 15.4 Å². The van der Waals surface area contributed by atoms with E-state index >= 15 is 0 Å². The van der Waals surface area contributed by atoms with Crippen LogP contribution >= 0.6 is 11.3 Å². The molecular formula is C21H22FN3O3S. The fraction of sp³-hybridized carbons (Fsp3) is 0.333. The van der Waals surface area contributed by atoms with Crippen LogP contribution in [0.3, 0.4) is 0 Å². The Morgan fingerprint density at radius 1 is 1.28 bits per heavy atom. The average Bonchev–Trinajstić information content (AvgIpc) is 3.20. The number of aromatic nitrogens is 1. The van der Waals surface area contributed by atoms with E-state index in [0.717, 1.165) is 23.5 Å². The Morgan fingerprint density at radius 2 is 2.07 bits per heavy atom. The molecule has 29 heavy (non-hydrogen) atoms. The summed E-state index contributed by atoms with van der Waals surface area (Å²) in [7, 11) is 1.59. The number of hydrogen-bond acceptors (Lipinski definition) is 6. The summed E-state index contributed by atoms with van der Waals surface area (Å²) < 4.78 is 25.5. The van der Waals surface area contributed by atoms with Crippen LogP contribution in [0.5, 0.6) is 5.75 Å². The number of hydrogen-bond donors (Lipinski definition) is 1. The quantitative estimate of drug-likeness (QED) is 0.670. The molecule has 152 valence electrons. The zero-order chi connectivity index (χ0) is 20.2. The van der Waals surface area contributed by atoms with Crippen LogP contribution in [-0.4, -0.2) is 50.8 Å². The van der Waals surface area contributed by atoms with Gasteiger partial charge >= 0.3 is 0 Å². The lowest BCUT2D eigenvalue weighted by molar-refractivity contribution is 0.0954. The SMILES string of the molecule is COc1ccc(N2CCOCC2)c2sc(C(=O)NCCc3ccccc3F)nc12. The highest BCUT2D eigenvalue weighted by atomic mass is 32.1. The number of fused-ring (bicyclic) bond motifs is 1. The van der Waals surface area contributed by atoms with Crippen LogP contribution in [0.2, 0.25) is 0 Å². The van der Waals surface area contributed by atoms with Crippen LogP contribution in [0.4, 0.5) is 10.1 Å². The molecule has 2 aromatic carbocycles. The van der Waals surface area contributed by atoms with Crippen molar-refractivity contribution in [2.45, 2.75) is 6.42 Å². The second kappa shape index (κ2) is 8.75. The topological polar surface area (TPSA) is 63.7 Å². The number of halogens is 1. The number of rotatable bonds is 6. The lowest BCUT2D eigenvalue weighted by Crippen LogP contribution is -2.36. The molecule has 0 unspecified atom stereocenters. The van der Waals surface area contributed by atoms with Crippen LogP contribution in [0.25, 0.3) is 10.2 Å². The molecule has 1 aliphatic heterocycles. The van der Waals surface area contributed by atoms with E-state index in [4.69, 9.17) is 9.47 Å². The predicted molar refractivity (Wildman–Crippen MR) is 112 cm³/mol. The third-order valence-corrected chi connectivity index (χ3v) is 5.97. The van der Waals surface area contributed by atoms with Gasteiger partial charge < -0.3 is 19.7 Å². The van der Waals surface area contributed by atoms with Gasteiger partial charge in [0.1, 0.15) is 17.1 Å². The van der Waals surface area contributed by atoms with Gasteiger partial charge in [0.25, 0.3) is 5.91 Å². The Morgan fingerprint density at radius 3 is 2.83 bits per heavy atom. The zero-order valence-corrected chi connectivity index (χ0v) is 16.9. The van der Waals surface area contributed by atoms with E-state index in [2.05, 4.69) is 15.2 Å². The Labute approximate surface area is 172 Å². The van der Waals surface area contributed by atoms with Gasteiger partial charge in [0.15, 0.2) is 5.01 Å². The van der Waals surface area contributed by atoms with E-state index in [1.807, 2.05) is 12.1 Å².